The summed E-state index contributed by atoms with van der Waals surface area (Å²) in [7, 11) is 0. The Kier molecular flexibility index (Phi) is 4.15. The second-order valence-electron chi connectivity index (χ2n) is 4.69. The Labute approximate surface area is 92.3 Å². The minimum absolute atomic E-state index is 0.0686. The Morgan fingerprint density at radius 1 is 1.27 bits per heavy atom. The largest absolute Gasteiger partial charge is 0.396 e. The molecule has 0 saturated heterocycles. The van der Waals surface area contributed by atoms with E-state index in [4.69, 9.17) is 5.11 Å². The Balaban J connectivity index is 2.65. The van der Waals surface area contributed by atoms with Crippen molar-refractivity contribution in [3.8, 4) is 0 Å². The van der Waals surface area contributed by atoms with Gasteiger partial charge in [0.15, 0.2) is 0 Å². The van der Waals surface area contributed by atoms with Crippen LogP contribution in [0.2, 0.25) is 0 Å². The maximum Gasteiger partial charge on any atom is 0.0498 e. The van der Waals surface area contributed by atoms with Gasteiger partial charge in [-0.1, -0.05) is 39.0 Å². The predicted molar refractivity (Wildman–Crippen MR) is 65.2 cm³/mol. The number of anilines is 1. The van der Waals surface area contributed by atoms with Gasteiger partial charge in [-0.2, -0.15) is 0 Å². The van der Waals surface area contributed by atoms with Crippen LogP contribution >= 0.6 is 0 Å². The van der Waals surface area contributed by atoms with Crippen LogP contribution in [0.25, 0.3) is 0 Å². The third-order valence-corrected chi connectivity index (χ3v) is 2.58. The monoisotopic (exact) mass is 207 g/mol. The van der Waals surface area contributed by atoms with Crippen molar-refractivity contribution in [1.29, 1.82) is 0 Å². The first kappa shape index (κ1) is 12.1. The zero-order valence-electron chi connectivity index (χ0n) is 9.88. The van der Waals surface area contributed by atoms with Gasteiger partial charge in [0, 0.05) is 24.3 Å². The van der Waals surface area contributed by atoms with Crippen LogP contribution in [0.3, 0.4) is 0 Å². The van der Waals surface area contributed by atoms with Crippen molar-refractivity contribution in [2.75, 3.05) is 18.5 Å². The van der Waals surface area contributed by atoms with Gasteiger partial charge >= 0.3 is 0 Å². The molecule has 84 valence electrons. The fourth-order valence-electron chi connectivity index (χ4n) is 1.39. The predicted octanol–water partition coefficient (Wildman–Crippen LogP) is 2.68. The van der Waals surface area contributed by atoms with Gasteiger partial charge in [0.25, 0.3) is 0 Å². The SMILES string of the molecule is CCc1ccccc1NCC(C)(C)CO. The fraction of sp³-hybridized carbons (Fsp3) is 0.538. The number of benzene rings is 1. The van der Waals surface area contributed by atoms with E-state index in [0.29, 0.717) is 0 Å². The molecule has 0 amide bonds. The molecule has 0 aliphatic carbocycles. The highest BCUT2D eigenvalue weighted by Gasteiger charge is 2.16. The summed E-state index contributed by atoms with van der Waals surface area (Å²) in [6.45, 7) is 7.25. The van der Waals surface area contributed by atoms with Gasteiger partial charge < -0.3 is 10.4 Å². The second-order valence-corrected chi connectivity index (χ2v) is 4.69. The van der Waals surface area contributed by atoms with E-state index >= 15 is 0 Å². The summed E-state index contributed by atoms with van der Waals surface area (Å²) in [4.78, 5) is 0. The first-order valence-electron chi connectivity index (χ1n) is 5.51. The lowest BCUT2D eigenvalue weighted by Crippen LogP contribution is -2.27. The molecule has 1 aromatic rings. The maximum atomic E-state index is 9.16. The summed E-state index contributed by atoms with van der Waals surface area (Å²) in [5.74, 6) is 0. The molecule has 0 unspecified atom stereocenters. The standard InChI is InChI=1S/C13H21NO/c1-4-11-7-5-6-8-12(11)14-9-13(2,3)10-15/h5-8,14-15H,4,9-10H2,1-3H3. The number of aliphatic hydroxyl groups is 1. The molecule has 1 rings (SSSR count). The van der Waals surface area contributed by atoms with Gasteiger partial charge in [-0.3, -0.25) is 0 Å². The van der Waals surface area contributed by atoms with Crippen LogP contribution in [-0.2, 0) is 6.42 Å². The molecule has 0 aliphatic rings. The lowest BCUT2D eigenvalue weighted by molar-refractivity contribution is 0.171. The van der Waals surface area contributed by atoms with E-state index in [1.165, 1.54) is 11.3 Å². The third-order valence-electron chi connectivity index (χ3n) is 2.58. The van der Waals surface area contributed by atoms with Crippen LogP contribution in [0, 0.1) is 5.41 Å². The summed E-state index contributed by atoms with van der Waals surface area (Å²) in [6.07, 6.45) is 1.03. The summed E-state index contributed by atoms with van der Waals surface area (Å²) < 4.78 is 0. The van der Waals surface area contributed by atoms with Crippen molar-refractivity contribution in [1.82, 2.24) is 0 Å². The number of nitrogens with one attached hydrogen (secondary N) is 1. The molecule has 0 radical (unpaired) electrons. The van der Waals surface area contributed by atoms with Crippen molar-refractivity contribution in [3.05, 3.63) is 29.8 Å². The Morgan fingerprint density at radius 3 is 2.53 bits per heavy atom. The normalized spacial score (nSPS) is 11.5. The molecule has 2 N–H and O–H groups in total. The van der Waals surface area contributed by atoms with E-state index in [-0.39, 0.29) is 12.0 Å². The zero-order valence-corrected chi connectivity index (χ0v) is 9.88. The highest BCUT2D eigenvalue weighted by molar-refractivity contribution is 5.51. The van der Waals surface area contributed by atoms with E-state index in [2.05, 4.69) is 44.3 Å². The van der Waals surface area contributed by atoms with Gasteiger partial charge in [-0.15, -0.1) is 0 Å². The first-order chi connectivity index (χ1) is 7.09. The Hall–Kier alpha value is -1.02. The molecular formula is C13H21NO. The molecule has 0 aromatic heterocycles. The Bertz CT molecular complexity index is 307. The van der Waals surface area contributed by atoms with Crippen LogP contribution < -0.4 is 5.32 Å². The summed E-state index contributed by atoms with van der Waals surface area (Å²) >= 11 is 0. The van der Waals surface area contributed by atoms with Crippen molar-refractivity contribution < 1.29 is 5.11 Å². The fourth-order valence-corrected chi connectivity index (χ4v) is 1.39. The van der Waals surface area contributed by atoms with E-state index in [1.54, 1.807) is 0 Å². The molecule has 2 nitrogen and oxygen atoms in total. The van der Waals surface area contributed by atoms with Gasteiger partial charge in [0.05, 0.1) is 0 Å². The molecule has 15 heavy (non-hydrogen) atoms. The molecule has 0 saturated carbocycles. The summed E-state index contributed by atoms with van der Waals surface area (Å²) in [5.41, 5.74) is 2.44. The summed E-state index contributed by atoms with van der Waals surface area (Å²) in [6, 6.07) is 8.31. The van der Waals surface area contributed by atoms with E-state index in [0.717, 1.165) is 13.0 Å². The number of rotatable bonds is 5. The topological polar surface area (TPSA) is 32.3 Å². The van der Waals surface area contributed by atoms with Crippen molar-refractivity contribution >= 4 is 5.69 Å². The molecule has 0 atom stereocenters. The van der Waals surface area contributed by atoms with Crippen molar-refractivity contribution in [2.45, 2.75) is 27.2 Å². The smallest absolute Gasteiger partial charge is 0.0498 e. The van der Waals surface area contributed by atoms with Crippen LogP contribution in [0.15, 0.2) is 24.3 Å². The number of para-hydroxylation sites is 1. The highest BCUT2D eigenvalue weighted by Crippen LogP contribution is 2.19. The quantitative estimate of drug-likeness (QED) is 0.778. The van der Waals surface area contributed by atoms with Gasteiger partial charge in [-0.05, 0) is 18.1 Å². The average Bonchev–Trinajstić information content (AvgIpc) is 2.27. The molecule has 1 aromatic carbocycles. The number of aliphatic hydroxyl groups excluding tert-OH is 1. The molecule has 0 bridgehead atoms. The molecule has 0 spiro atoms. The van der Waals surface area contributed by atoms with Gasteiger partial charge in [0.2, 0.25) is 0 Å². The minimum Gasteiger partial charge on any atom is -0.396 e. The number of aryl methyl sites for hydroxylation is 1. The Morgan fingerprint density at radius 2 is 1.93 bits per heavy atom. The molecule has 0 fully saturated rings. The lowest BCUT2D eigenvalue weighted by atomic mass is 9.94. The van der Waals surface area contributed by atoms with Crippen LogP contribution in [0.4, 0.5) is 5.69 Å². The average molecular weight is 207 g/mol. The van der Waals surface area contributed by atoms with Crippen LogP contribution in [0.1, 0.15) is 26.3 Å². The van der Waals surface area contributed by atoms with E-state index < -0.39 is 0 Å². The molecule has 0 aliphatic heterocycles. The van der Waals surface area contributed by atoms with E-state index in [9.17, 15) is 0 Å². The minimum atomic E-state index is -0.0686. The summed E-state index contributed by atoms with van der Waals surface area (Å²) in [5, 5.41) is 12.6. The second kappa shape index (κ2) is 5.17. The van der Waals surface area contributed by atoms with Crippen molar-refractivity contribution in [2.24, 2.45) is 5.41 Å². The van der Waals surface area contributed by atoms with Crippen LogP contribution in [0.5, 0.6) is 0 Å². The molecule has 0 heterocycles. The van der Waals surface area contributed by atoms with Crippen LogP contribution in [-0.4, -0.2) is 18.3 Å². The zero-order chi connectivity index (χ0) is 11.3. The highest BCUT2D eigenvalue weighted by atomic mass is 16.3. The first-order valence-corrected chi connectivity index (χ1v) is 5.51. The van der Waals surface area contributed by atoms with Gasteiger partial charge in [-0.25, -0.2) is 0 Å². The van der Waals surface area contributed by atoms with Crippen molar-refractivity contribution in [3.63, 3.8) is 0 Å². The lowest BCUT2D eigenvalue weighted by Gasteiger charge is -2.23. The molecular weight excluding hydrogens is 186 g/mol. The van der Waals surface area contributed by atoms with E-state index in [1.807, 2.05) is 6.07 Å². The number of hydrogen-bond donors (Lipinski definition) is 2. The number of hydrogen-bond acceptors (Lipinski definition) is 2. The third kappa shape index (κ3) is 3.56. The van der Waals surface area contributed by atoms with Gasteiger partial charge in [0.1, 0.15) is 0 Å². The maximum absolute atomic E-state index is 9.16. The molecule has 2 heteroatoms.